The lowest BCUT2D eigenvalue weighted by Gasteiger charge is -2.10. The Bertz CT molecular complexity index is 536. The smallest absolute Gasteiger partial charge is 0.171 e. The zero-order valence-electron chi connectivity index (χ0n) is 9.37. The third-order valence-electron chi connectivity index (χ3n) is 2.73. The molecule has 1 N–H and O–H groups in total. The lowest BCUT2D eigenvalue weighted by Crippen LogP contribution is -1.96. The Balaban J connectivity index is 2.65. The van der Waals surface area contributed by atoms with Crippen LogP contribution in [0.2, 0.25) is 0 Å². The van der Waals surface area contributed by atoms with Crippen LogP contribution in [-0.4, -0.2) is 5.11 Å². The van der Waals surface area contributed by atoms with Crippen LogP contribution in [0.15, 0.2) is 36.4 Å². The minimum Gasteiger partial charge on any atom is -0.504 e. The SMILES string of the molecule is CCc1c(F)cc(-c2ccccc2)c(O)c1F. The fourth-order valence-electron chi connectivity index (χ4n) is 1.81. The van der Waals surface area contributed by atoms with Crippen molar-refractivity contribution in [2.45, 2.75) is 13.3 Å². The van der Waals surface area contributed by atoms with E-state index < -0.39 is 17.4 Å². The van der Waals surface area contributed by atoms with Gasteiger partial charge in [-0.15, -0.1) is 0 Å². The van der Waals surface area contributed by atoms with Crippen molar-refractivity contribution < 1.29 is 13.9 Å². The van der Waals surface area contributed by atoms with Crippen molar-refractivity contribution in [2.24, 2.45) is 0 Å². The number of phenols is 1. The highest BCUT2D eigenvalue weighted by atomic mass is 19.1. The standard InChI is InChI=1S/C14H12F2O/c1-2-10-12(15)8-11(14(17)13(10)16)9-6-4-3-5-7-9/h3-8,17H,2H2,1H3. The summed E-state index contributed by atoms with van der Waals surface area (Å²) >= 11 is 0. The molecule has 88 valence electrons. The highest BCUT2D eigenvalue weighted by Gasteiger charge is 2.17. The second-order valence-electron chi connectivity index (χ2n) is 3.77. The minimum atomic E-state index is -0.869. The molecule has 0 saturated heterocycles. The Hall–Kier alpha value is -1.90. The maximum Gasteiger partial charge on any atom is 0.171 e. The third-order valence-corrected chi connectivity index (χ3v) is 2.73. The van der Waals surface area contributed by atoms with E-state index in [1.165, 1.54) is 6.07 Å². The number of hydrogen-bond acceptors (Lipinski definition) is 1. The van der Waals surface area contributed by atoms with E-state index in [1.54, 1.807) is 37.3 Å². The molecular weight excluding hydrogens is 222 g/mol. The van der Waals surface area contributed by atoms with Crippen molar-refractivity contribution in [3.63, 3.8) is 0 Å². The van der Waals surface area contributed by atoms with Crippen LogP contribution in [-0.2, 0) is 6.42 Å². The molecule has 0 spiro atoms. The van der Waals surface area contributed by atoms with Crippen molar-refractivity contribution in [2.75, 3.05) is 0 Å². The zero-order chi connectivity index (χ0) is 12.4. The normalized spacial score (nSPS) is 10.5. The molecule has 2 rings (SSSR count). The summed E-state index contributed by atoms with van der Waals surface area (Å²) in [6, 6.07) is 9.86. The van der Waals surface area contributed by atoms with E-state index in [0.29, 0.717) is 5.56 Å². The van der Waals surface area contributed by atoms with Crippen LogP contribution in [0, 0.1) is 11.6 Å². The number of aromatic hydroxyl groups is 1. The van der Waals surface area contributed by atoms with Crippen LogP contribution in [0.4, 0.5) is 8.78 Å². The van der Waals surface area contributed by atoms with Crippen molar-refractivity contribution in [3.8, 4) is 16.9 Å². The van der Waals surface area contributed by atoms with E-state index in [9.17, 15) is 13.9 Å². The highest BCUT2D eigenvalue weighted by Crippen LogP contribution is 2.34. The van der Waals surface area contributed by atoms with Crippen LogP contribution in [0.3, 0.4) is 0 Å². The molecule has 0 saturated carbocycles. The van der Waals surface area contributed by atoms with E-state index in [2.05, 4.69) is 0 Å². The molecule has 0 fully saturated rings. The molecule has 2 aromatic carbocycles. The fraction of sp³-hybridized carbons (Fsp3) is 0.143. The van der Waals surface area contributed by atoms with Crippen LogP contribution in [0.5, 0.6) is 5.75 Å². The summed E-state index contributed by atoms with van der Waals surface area (Å²) in [4.78, 5) is 0. The Morgan fingerprint density at radius 3 is 2.35 bits per heavy atom. The van der Waals surface area contributed by atoms with Gasteiger partial charge in [-0.05, 0) is 18.1 Å². The predicted molar refractivity (Wildman–Crippen MR) is 62.8 cm³/mol. The zero-order valence-corrected chi connectivity index (χ0v) is 9.37. The molecule has 0 aliphatic rings. The van der Waals surface area contributed by atoms with Crippen molar-refractivity contribution in [3.05, 3.63) is 53.6 Å². The summed E-state index contributed by atoms with van der Waals surface area (Å²) in [7, 11) is 0. The number of benzene rings is 2. The topological polar surface area (TPSA) is 20.2 Å². The molecule has 0 atom stereocenters. The van der Waals surface area contributed by atoms with Crippen molar-refractivity contribution in [1.29, 1.82) is 0 Å². The fourth-order valence-corrected chi connectivity index (χ4v) is 1.81. The number of halogens is 2. The second-order valence-corrected chi connectivity index (χ2v) is 3.77. The number of hydrogen-bond donors (Lipinski definition) is 1. The summed E-state index contributed by atoms with van der Waals surface area (Å²) in [5, 5.41) is 9.75. The molecule has 0 amide bonds. The molecule has 1 nitrogen and oxygen atoms in total. The predicted octanol–water partition coefficient (Wildman–Crippen LogP) is 3.90. The molecule has 0 aliphatic heterocycles. The molecule has 0 heterocycles. The molecule has 0 unspecified atom stereocenters. The van der Waals surface area contributed by atoms with Gasteiger partial charge in [-0.2, -0.15) is 0 Å². The number of phenolic OH excluding ortho intramolecular Hbond substituents is 1. The first-order valence-corrected chi connectivity index (χ1v) is 5.40. The minimum absolute atomic E-state index is 0.0813. The van der Waals surface area contributed by atoms with Gasteiger partial charge >= 0.3 is 0 Å². The van der Waals surface area contributed by atoms with Gasteiger partial charge in [-0.1, -0.05) is 37.3 Å². The van der Waals surface area contributed by atoms with Gasteiger partial charge in [0.1, 0.15) is 5.82 Å². The van der Waals surface area contributed by atoms with Crippen LogP contribution >= 0.6 is 0 Å². The molecule has 0 aliphatic carbocycles. The summed E-state index contributed by atoms with van der Waals surface area (Å²) in [6.07, 6.45) is 0.209. The molecule has 17 heavy (non-hydrogen) atoms. The Kier molecular flexibility index (Phi) is 3.09. The van der Waals surface area contributed by atoms with E-state index in [0.717, 1.165) is 0 Å². The van der Waals surface area contributed by atoms with Gasteiger partial charge < -0.3 is 5.11 Å². The molecule has 0 bridgehead atoms. The van der Waals surface area contributed by atoms with Gasteiger partial charge in [0.2, 0.25) is 0 Å². The summed E-state index contributed by atoms with van der Waals surface area (Å²) in [5.74, 6) is -1.98. The number of rotatable bonds is 2. The Labute approximate surface area is 98.3 Å². The van der Waals surface area contributed by atoms with Crippen molar-refractivity contribution >= 4 is 0 Å². The van der Waals surface area contributed by atoms with Gasteiger partial charge in [0, 0.05) is 11.1 Å². The summed E-state index contributed by atoms with van der Waals surface area (Å²) < 4.78 is 27.3. The molecule has 3 heteroatoms. The van der Waals surface area contributed by atoms with E-state index in [4.69, 9.17) is 0 Å². The maximum absolute atomic E-state index is 13.7. The van der Waals surface area contributed by atoms with E-state index in [1.807, 2.05) is 0 Å². The van der Waals surface area contributed by atoms with Crippen LogP contribution in [0.25, 0.3) is 11.1 Å². The average Bonchev–Trinajstić information content (AvgIpc) is 2.35. The second kappa shape index (κ2) is 4.53. The van der Waals surface area contributed by atoms with Crippen LogP contribution < -0.4 is 0 Å². The summed E-state index contributed by atoms with van der Waals surface area (Å²) in [5.41, 5.74) is 0.686. The van der Waals surface area contributed by atoms with Gasteiger partial charge in [0.15, 0.2) is 11.6 Å². The molecule has 0 radical (unpaired) electrons. The summed E-state index contributed by atoms with van der Waals surface area (Å²) in [6.45, 7) is 1.64. The Morgan fingerprint density at radius 2 is 1.76 bits per heavy atom. The molecular formula is C14H12F2O. The lowest BCUT2D eigenvalue weighted by molar-refractivity contribution is 0.424. The first kappa shape index (κ1) is 11.6. The molecule has 2 aromatic rings. The first-order valence-electron chi connectivity index (χ1n) is 5.40. The first-order chi connectivity index (χ1) is 8.15. The highest BCUT2D eigenvalue weighted by molar-refractivity contribution is 5.71. The monoisotopic (exact) mass is 234 g/mol. The average molecular weight is 234 g/mol. The van der Waals surface area contributed by atoms with Gasteiger partial charge in [0.25, 0.3) is 0 Å². The quantitative estimate of drug-likeness (QED) is 0.835. The molecule has 0 aromatic heterocycles. The largest absolute Gasteiger partial charge is 0.504 e. The third kappa shape index (κ3) is 2.00. The van der Waals surface area contributed by atoms with Gasteiger partial charge in [-0.3, -0.25) is 0 Å². The van der Waals surface area contributed by atoms with Crippen LogP contribution in [0.1, 0.15) is 12.5 Å². The van der Waals surface area contributed by atoms with Crippen molar-refractivity contribution in [1.82, 2.24) is 0 Å². The lowest BCUT2D eigenvalue weighted by atomic mass is 10.0. The van der Waals surface area contributed by atoms with Gasteiger partial charge in [0.05, 0.1) is 0 Å². The van der Waals surface area contributed by atoms with Gasteiger partial charge in [-0.25, -0.2) is 8.78 Å². The Morgan fingerprint density at radius 1 is 1.12 bits per heavy atom. The van der Waals surface area contributed by atoms with E-state index in [-0.39, 0.29) is 17.5 Å². The van der Waals surface area contributed by atoms with E-state index >= 15 is 0 Å². The maximum atomic E-state index is 13.7.